The highest BCUT2D eigenvalue weighted by Gasteiger charge is 2.17. The number of benzene rings is 3. The summed E-state index contributed by atoms with van der Waals surface area (Å²) in [4.78, 5) is 30.4. The van der Waals surface area contributed by atoms with Gasteiger partial charge in [-0.15, -0.1) is 0 Å². The number of aromatic nitrogens is 3. The zero-order valence-electron chi connectivity index (χ0n) is 22.9. The fourth-order valence-corrected chi connectivity index (χ4v) is 4.13. The number of amides is 1. The summed E-state index contributed by atoms with van der Waals surface area (Å²) in [5.41, 5.74) is 4.43. The van der Waals surface area contributed by atoms with E-state index in [2.05, 4.69) is 20.7 Å². The van der Waals surface area contributed by atoms with Gasteiger partial charge in [0, 0.05) is 30.2 Å². The minimum Gasteiger partial charge on any atom is -0.497 e. The van der Waals surface area contributed by atoms with Crippen molar-refractivity contribution in [2.45, 2.75) is 20.4 Å². The van der Waals surface area contributed by atoms with Crippen molar-refractivity contribution in [3.63, 3.8) is 0 Å². The van der Waals surface area contributed by atoms with E-state index in [1.807, 2.05) is 44.2 Å². The molecule has 3 aromatic carbocycles. The van der Waals surface area contributed by atoms with Gasteiger partial charge >= 0.3 is 0 Å². The highest BCUT2D eigenvalue weighted by atomic mass is 16.5. The molecule has 0 aliphatic heterocycles. The molecule has 2 aromatic heterocycles. The molecular formula is C32H29N5O4. The van der Waals surface area contributed by atoms with E-state index in [-0.39, 0.29) is 17.3 Å². The fraction of sp³-hybridized carbons (Fsp3) is 0.125. The van der Waals surface area contributed by atoms with Crippen molar-refractivity contribution in [3.05, 3.63) is 130 Å². The lowest BCUT2D eigenvalue weighted by Gasteiger charge is -2.16. The number of hydrogen-bond acceptors (Lipinski definition) is 7. The third-order valence-electron chi connectivity index (χ3n) is 6.65. The van der Waals surface area contributed by atoms with Crippen LogP contribution in [0.4, 0.5) is 11.4 Å². The molecule has 1 amide bonds. The number of carbonyl (C=O) groups is 1. The average molecular weight is 548 g/mol. The minimum absolute atomic E-state index is 0.201. The fourth-order valence-electron chi connectivity index (χ4n) is 4.13. The second-order valence-corrected chi connectivity index (χ2v) is 9.34. The number of nitrogens with one attached hydrogen (secondary N) is 2. The van der Waals surface area contributed by atoms with Gasteiger partial charge in [0.1, 0.15) is 11.5 Å². The third-order valence-corrected chi connectivity index (χ3v) is 6.65. The van der Waals surface area contributed by atoms with Crippen LogP contribution in [0, 0.1) is 13.8 Å². The van der Waals surface area contributed by atoms with Gasteiger partial charge in [-0.1, -0.05) is 12.1 Å². The quantitative estimate of drug-likeness (QED) is 0.243. The van der Waals surface area contributed by atoms with Crippen molar-refractivity contribution < 1.29 is 14.3 Å². The van der Waals surface area contributed by atoms with Gasteiger partial charge in [0.05, 0.1) is 19.0 Å². The van der Waals surface area contributed by atoms with Gasteiger partial charge in [0.25, 0.3) is 11.5 Å². The van der Waals surface area contributed by atoms with E-state index in [0.717, 1.165) is 16.7 Å². The minimum atomic E-state index is -0.405. The molecule has 0 radical (unpaired) electrons. The molecule has 0 aliphatic rings. The Hall–Kier alpha value is -5.44. The predicted octanol–water partition coefficient (Wildman–Crippen LogP) is 5.72. The second kappa shape index (κ2) is 12.2. The Balaban J connectivity index is 1.44. The maximum Gasteiger partial charge on any atom is 0.299 e. The van der Waals surface area contributed by atoms with Crippen LogP contribution < -0.4 is 25.7 Å². The first-order chi connectivity index (χ1) is 19.9. The van der Waals surface area contributed by atoms with Gasteiger partial charge in [0.2, 0.25) is 0 Å². The Labute approximate surface area is 237 Å². The Morgan fingerprint density at radius 1 is 0.902 bits per heavy atom. The van der Waals surface area contributed by atoms with Gasteiger partial charge in [0.15, 0.2) is 11.4 Å². The van der Waals surface area contributed by atoms with E-state index in [9.17, 15) is 9.59 Å². The van der Waals surface area contributed by atoms with Crippen molar-refractivity contribution in [1.29, 1.82) is 0 Å². The molecule has 0 spiro atoms. The summed E-state index contributed by atoms with van der Waals surface area (Å²) in [6, 6.07) is 23.3. The molecule has 0 saturated carbocycles. The topological polar surface area (TPSA) is 107 Å². The summed E-state index contributed by atoms with van der Waals surface area (Å²) < 4.78 is 12.7. The van der Waals surface area contributed by atoms with E-state index in [1.54, 1.807) is 68.0 Å². The molecule has 0 fully saturated rings. The number of methoxy groups -OCH3 is 1. The molecule has 9 heteroatoms. The van der Waals surface area contributed by atoms with Gasteiger partial charge in [-0.3, -0.25) is 14.6 Å². The Morgan fingerprint density at radius 2 is 1.63 bits per heavy atom. The molecule has 5 aromatic rings. The molecular weight excluding hydrogens is 518 g/mol. The molecule has 0 atom stereocenters. The Morgan fingerprint density at radius 3 is 2.34 bits per heavy atom. The zero-order valence-corrected chi connectivity index (χ0v) is 22.9. The van der Waals surface area contributed by atoms with E-state index in [4.69, 9.17) is 9.47 Å². The first kappa shape index (κ1) is 27.1. The standard InChI is InChI=1S/C32H29N5O4/c1-21-5-4-6-28(22(21)2)41-29-20-35-37(26-11-13-27(40-3)14-12-26)32(39)30(29)36-25-9-7-24(8-10-25)31(38)34-19-23-15-17-33-18-16-23/h4-18,20,36H,19H2,1-3H3,(H,34,38). The first-order valence-electron chi connectivity index (χ1n) is 13.0. The highest BCUT2D eigenvalue weighted by Crippen LogP contribution is 2.32. The lowest BCUT2D eigenvalue weighted by atomic mass is 10.1. The van der Waals surface area contributed by atoms with E-state index in [0.29, 0.717) is 35.0 Å². The monoisotopic (exact) mass is 547 g/mol. The first-order valence-corrected chi connectivity index (χ1v) is 13.0. The van der Waals surface area contributed by atoms with Crippen LogP contribution in [-0.2, 0) is 6.54 Å². The SMILES string of the molecule is COc1ccc(-n2ncc(Oc3cccc(C)c3C)c(Nc3ccc(C(=O)NCc4ccncc4)cc3)c2=O)cc1. The highest BCUT2D eigenvalue weighted by molar-refractivity contribution is 5.94. The van der Waals surface area contributed by atoms with Crippen LogP contribution in [0.15, 0.2) is 102 Å². The van der Waals surface area contributed by atoms with Gasteiger partial charge in [-0.25, -0.2) is 0 Å². The van der Waals surface area contributed by atoms with Crippen molar-refractivity contribution in [2.75, 3.05) is 12.4 Å². The molecule has 2 N–H and O–H groups in total. The average Bonchev–Trinajstić information content (AvgIpc) is 3.01. The molecule has 41 heavy (non-hydrogen) atoms. The maximum absolute atomic E-state index is 13.7. The van der Waals surface area contributed by atoms with Gasteiger partial charge in [-0.2, -0.15) is 9.78 Å². The van der Waals surface area contributed by atoms with Gasteiger partial charge < -0.3 is 20.1 Å². The van der Waals surface area contributed by atoms with E-state index >= 15 is 0 Å². The Bertz CT molecular complexity index is 1720. The molecule has 0 saturated heterocycles. The Kier molecular flexibility index (Phi) is 8.05. The van der Waals surface area contributed by atoms with E-state index in [1.165, 1.54) is 10.9 Å². The van der Waals surface area contributed by atoms with Crippen LogP contribution in [-0.4, -0.2) is 27.8 Å². The van der Waals surface area contributed by atoms with Crippen LogP contribution in [0.25, 0.3) is 5.69 Å². The third kappa shape index (κ3) is 6.25. The number of ether oxygens (including phenoxy) is 2. The van der Waals surface area contributed by atoms with Crippen molar-refractivity contribution in [2.24, 2.45) is 0 Å². The molecule has 2 heterocycles. The summed E-state index contributed by atoms with van der Waals surface area (Å²) in [6.45, 7) is 4.35. The molecule has 5 rings (SSSR count). The lowest BCUT2D eigenvalue weighted by Crippen LogP contribution is -2.24. The molecule has 9 nitrogen and oxygen atoms in total. The van der Waals surface area contributed by atoms with E-state index < -0.39 is 5.56 Å². The smallest absolute Gasteiger partial charge is 0.299 e. The van der Waals surface area contributed by atoms with Crippen LogP contribution >= 0.6 is 0 Å². The maximum atomic E-state index is 13.7. The molecule has 0 unspecified atom stereocenters. The summed E-state index contributed by atoms with van der Waals surface area (Å²) in [7, 11) is 1.58. The van der Waals surface area contributed by atoms with Crippen LogP contribution in [0.5, 0.6) is 17.2 Å². The van der Waals surface area contributed by atoms with Crippen LogP contribution in [0.1, 0.15) is 27.0 Å². The van der Waals surface area contributed by atoms with Crippen LogP contribution in [0.3, 0.4) is 0 Å². The van der Waals surface area contributed by atoms with Crippen LogP contribution in [0.2, 0.25) is 0 Å². The summed E-state index contributed by atoms with van der Waals surface area (Å²) in [6.07, 6.45) is 4.88. The summed E-state index contributed by atoms with van der Waals surface area (Å²) >= 11 is 0. The molecule has 206 valence electrons. The summed E-state index contributed by atoms with van der Waals surface area (Å²) in [5.74, 6) is 1.35. The van der Waals surface area contributed by atoms with Crippen molar-refractivity contribution >= 4 is 17.3 Å². The largest absolute Gasteiger partial charge is 0.497 e. The lowest BCUT2D eigenvalue weighted by molar-refractivity contribution is 0.0951. The number of pyridine rings is 1. The zero-order chi connectivity index (χ0) is 28.8. The number of aryl methyl sites for hydroxylation is 1. The predicted molar refractivity (Wildman–Crippen MR) is 158 cm³/mol. The number of rotatable bonds is 9. The second-order valence-electron chi connectivity index (χ2n) is 9.34. The number of anilines is 2. The number of carbonyl (C=O) groups excluding carboxylic acids is 1. The molecule has 0 aliphatic carbocycles. The van der Waals surface area contributed by atoms with Crippen molar-refractivity contribution in [3.8, 4) is 22.9 Å². The number of hydrogen-bond donors (Lipinski definition) is 2. The van der Waals surface area contributed by atoms with Crippen molar-refractivity contribution in [1.82, 2.24) is 20.1 Å². The van der Waals surface area contributed by atoms with Gasteiger partial charge in [-0.05, 0) is 97.3 Å². The number of nitrogens with zero attached hydrogens (tertiary/aromatic N) is 3. The molecule has 0 bridgehead atoms. The normalized spacial score (nSPS) is 10.6. The summed E-state index contributed by atoms with van der Waals surface area (Å²) in [5, 5.41) is 10.5.